The van der Waals surface area contributed by atoms with Crippen LogP contribution >= 0.6 is 0 Å². The lowest BCUT2D eigenvalue weighted by atomic mass is 9.97. The summed E-state index contributed by atoms with van der Waals surface area (Å²) in [5, 5.41) is 3.47. The third kappa shape index (κ3) is 5.05. The van der Waals surface area contributed by atoms with E-state index in [1.165, 1.54) is 11.1 Å². The third-order valence-electron chi connectivity index (χ3n) is 6.84. The topological polar surface area (TPSA) is 37.3 Å². The van der Waals surface area contributed by atoms with Gasteiger partial charge in [-0.25, -0.2) is 4.98 Å². The number of nitrogens with zero attached hydrogens (tertiary/aromatic N) is 2. The number of rotatable bonds is 5. The molecule has 0 amide bonds. The van der Waals surface area contributed by atoms with E-state index in [1.807, 2.05) is 19.1 Å². The van der Waals surface area contributed by atoms with Crippen LogP contribution in [0.15, 0.2) is 138 Å². The first kappa shape index (κ1) is 23.6. The lowest BCUT2D eigenvalue weighted by Gasteiger charge is -2.21. The number of nitrogens with one attached hydrogen (secondary N) is 1. The summed E-state index contributed by atoms with van der Waals surface area (Å²) in [4.78, 5) is 9.87. The monoisotopic (exact) mass is 491 g/mol. The first-order valence-corrected chi connectivity index (χ1v) is 13.0. The van der Waals surface area contributed by atoms with Crippen molar-refractivity contribution in [2.45, 2.75) is 20.0 Å². The van der Waals surface area contributed by atoms with Crippen molar-refractivity contribution in [3.05, 3.63) is 139 Å². The van der Waals surface area contributed by atoms with Crippen molar-refractivity contribution in [2.75, 3.05) is 0 Å². The smallest absolute Gasteiger partial charge is 0.144 e. The van der Waals surface area contributed by atoms with Crippen LogP contribution in [0.5, 0.6) is 0 Å². The van der Waals surface area contributed by atoms with Gasteiger partial charge in [-0.05, 0) is 65.9 Å². The maximum atomic E-state index is 5.11. The molecule has 0 bridgehead atoms. The molecule has 3 heteroatoms. The Labute approximate surface area is 224 Å². The molecule has 184 valence electrons. The van der Waals surface area contributed by atoms with Gasteiger partial charge in [0.25, 0.3) is 0 Å². The second-order valence-corrected chi connectivity index (χ2v) is 9.71. The van der Waals surface area contributed by atoms with Crippen molar-refractivity contribution >= 4 is 5.71 Å². The van der Waals surface area contributed by atoms with E-state index in [0.29, 0.717) is 0 Å². The van der Waals surface area contributed by atoms with E-state index in [2.05, 4.69) is 128 Å². The van der Waals surface area contributed by atoms with E-state index >= 15 is 0 Å². The summed E-state index contributed by atoms with van der Waals surface area (Å²) >= 11 is 0. The van der Waals surface area contributed by atoms with Gasteiger partial charge in [0, 0.05) is 22.5 Å². The predicted molar refractivity (Wildman–Crippen MR) is 159 cm³/mol. The Hall–Kier alpha value is -4.76. The molecule has 0 aliphatic carbocycles. The van der Waals surface area contributed by atoms with Crippen LogP contribution in [0.2, 0.25) is 0 Å². The number of hydrogen-bond acceptors (Lipinski definition) is 3. The highest BCUT2D eigenvalue weighted by Gasteiger charge is 2.15. The molecule has 5 aromatic rings. The van der Waals surface area contributed by atoms with Gasteiger partial charge in [-0.3, -0.25) is 4.99 Å². The largest absolute Gasteiger partial charge is 0.364 e. The van der Waals surface area contributed by atoms with Crippen molar-refractivity contribution in [1.82, 2.24) is 10.3 Å². The number of hydrogen-bond donors (Lipinski definition) is 1. The molecule has 1 aromatic heterocycles. The van der Waals surface area contributed by atoms with E-state index in [1.54, 1.807) is 0 Å². The quantitative estimate of drug-likeness (QED) is 0.267. The first-order chi connectivity index (χ1) is 18.6. The Kier molecular flexibility index (Phi) is 6.41. The number of aromatic nitrogens is 1. The Bertz CT molecular complexity index is 1630. The SMILES string of the molecule is CC1=CC(C)=NC(c2ccc(-c3cc(-c4ccccc4)nc(-c4cccc(-c5ccccc5)c4)c3)cc2)N1. The van der Waals surface area contributed by atoms with Crippen LogP contribution in [0.4, 0.5) is 0 Å². The molecule has 4 aromatic carbocycles. The summed E-state index contributed by atoms with van der Waals surface area (Å²) in [5.41, 5.74) is 12.1. The van der Waals surface area contributed by atoms with Crippen LogP contribution in [0.1, 0.15) is 25.6 Å². The maximum Gasteiger partial charge on any atom is 0.144 e. The van der Waals surface area contributed by atoms with Crippen LogP contribution in [0.3, 0.4) is 0 Å². The molecule has 0 fully saturated rings. The highest BCUT2D eigenvalue weighted by molar-refractivity contribution is 5.94. The van der Waals surface area contributed by atoms with Crippen LogP contribution in [-0.4, -0.2) is 10.7 Å². The molecule has 2 heterocycles. The zero-order chi connectivity index (χ0) is 25.9. The Balaban J connectivity index is 1.41. The minimum Gasteiger partial charge on any atom is -0.364 e. The Morgan fingerprint density at radius 3 is 1.79 bits per heavy atom. The van der Waals surface area contributed by atoms with Gasteiger partial charge in [0.2, 0.25) is 0 Å². The number of pyridine rings is 1. The lowest BCUT2D eigenvalue weighted by Crippen LogP contribution is -2.22. The van der Waals surface area contributed by atoms with Gasteiger partial charge in [0.1, 0.15) is 6.17 Å². The fraction of sp³-hybridized carbons (Fsp3) is 0.0857. The molecule has 1 aliphatic heterocycles. The van der Waals surface area contributed by atoms with Crippen molar-refractivity contribution in [3.63, 3.8) is 0 Å². The molecule has 0 saturated heterocycles. The van der Waals surface area contributed by atoms with Gasteiger partial charge < -0.3 is 5.32 Å². The summed E-state index contributed by atoms with van der Waals surface area (Å²) in [6, 6.07) is 42.6. The van der Waals surface area contributed by atoms with Crippen LogP contribution in [-0.2, 0) is 0 Å². The van der Waals surface area contributed by atoms with Crippen molar-refractivity contribution in [3.8, 4) is 44.8 Å². The van der Waals surface area contributed by atoms with Crippen molar-refractivity contribution < 1.29 is 0 Å². The summed E-state index contributed by atoms with van der Waals surface area (Å²) in [6.45, 7) is 4.12. The summed E-state index contributed by atoms with van der Waals surface area (Å²) in [6.07, 6.45) is 2.02. The van der Waals surface area contributed by atoms with Gasteiger partial charge in [0.05, 0.1) is 11.4 Å². The van der Waals surface area contributed by atoms with E-state index in [9.17, 15) is 0 Å². The van der Waals surface area contributed by atoms with Crippen molar-refractivity contribution in [2.24, 2.45) is 4.99 Å². The number of allylic oxidation sites excluding steroid dienone is 2. The minimum atomic E-state index is -0.0531. The number of aliphatic imine (C=N–C) groups is 1. The molecule has 38 heavy (non-hydrogen) atoms. The third-order valence-corrected chi connectivity index (χ3v) is 6.84. The van der Waals surface area contributed by atoms with Gasteiger partial charge >= 0.3 is 0 Å². The summed E-state index contributed by atoms with van der Waals surface area (Å²) in [5.74, 6) is 0. The van der Waals surface area contributed by atoms with E-state index < -0.39 is 0 Å². The zero-order valence-corrected chi connectivity index (χ0v) is 21.6. The standard InChI is InChI=1S/C35H29N3/c1-24-20-25(2)37-35(36-24)29-18-16-27(17-19-29)32-22-33(28-12-7-4-8-13-28)38-34(23-32)31-15-9-14-30(21-31)26-10-5-3-6-11-26/h3-23,35-36H,1-2H3. The fourth-order valence-corrected chi connectivity index (χ4v) is 4.95. The maximum absolute atomic E-state index is 5.11. The van der Waals surface area contributed by atoms with Gasteiger partial charge in [-0.15, -0.1) is 0 Å². The van der Waals surface area contributed by atoms with E-state index in [4.69, 9.17) is 9.98 Å². The molecule has 0 saturated carbocycles. The van der Waals surface area contributed by atoms with E-state index in [0.717, 1.165) is 50.6 Å². The molecular formula is C35H29N3. The first-order valence-electron chi connectivity index (χ1n) is 13.0. The molecular weight excluding hydrogens is 462 g/mol. The Morgan fingerprint density at radius 1 is 0.526 bits per heavy atom. The van der Waals surface area contributed by atoms with Crippen LogP contribution in [0.25, 0.3) is 44.8 Å². The van der Waals surface area contributed by atoms with Gasteiger partial charge in [-0.2, -0.15) is 0 Å². The molecule has 0 radical (unpaired) electrons. The van der Waals surface area contributed by atoms with Crippen LogP contribution in [0, 0.1) is 0 Å². The Morgan fingerprint density at radius 2 is 1.11 bits per heavy atom. The fourth-order valence-electron chi connectivity index (χ4n) is 4.95. The molecule has 0 spiro atoms. The molecule has 1 aliphatic rings. The molecule has 1 atom stereocenters. The molecule has 1 N–H and O–H groups in total. The molecule has 1 unspecified atom stereocenters. The minimum absolute atomic E-state index is 0.0531. The van der Waals surface area contributed by atoms with E-state index in [-0.39, 0.29) is 6.17 Å². The average molecular weight is 492 g/mol. The normalized spacial score (nSPS) is 14.8. The van der Waals surface area contributed by atoms with Gasteiger partial charge in [-0.1, -0.05) is 103 Å². The predicted octanol–water partition coefficient (Wildman–Crippen LogP) is 8.72. The summed E-state index contributed by atoms with van der Waals surface area (Å²) in [7, 11) is 0. The second kappa shape index (κ2) is 10.3. The second-order valence-electron chi connectivity index (χ2n) is 9.71. The highest BCUT2D eigenvalue weighted by atomic mass is 15.1. The average Bonchev–Trinajstić information content (AvgIpc) is 2.97. The summed E-state index contributed by atoms with van der Waals surface area (Å²) < 4.78 is 0. The number of benzene rings is 4. The molecule has 6 rings (SSSR count). The zero-order valence-electron chi connectivity index (χ0n) is 21.6. The highest BCUT2D eigenvalue weighted by Crippen LogP contribution is 2.33. The molecule has 3 nitrogen and oxygen atoms in total. The lowest BCUT2D eigenvalue weighted by molar-refractivity contribution is 0.619. The van der Waals surface area contributed by atoms with Crippen LogP contribution < -0.4 is 5.32 Å². The van der Waals surface area contributed by atoms with Gasteiger partial charge in [0.15, 0.2) is 0 Å². The van der Waals surface area contributed by atoms with Crippen molar-refractivity contribution in [1.29, 1.82) is 0 Å².